The first-order chi connectivity index (χ1) is 14.6. The molecule has 0 saturated carbocycles. The molecule has 0 aliphatic rings. The highest BCUT2D eigenvalue weighted by Gasteiger charge is 2.09. The van der Waals surface area contributed by atoms with Crippen molar-refractivity contribution in [3.63, 3.8) is 0 Å². The van der Waals surface area contributed by atoms with Crippen molar-refractivity contribution in [1.29, 1.82) is 0 Å². The Kier molecular flexibility index (Phi) is 6.78. The molecule has 0 heterocycles. The summed E-state index contributed by atoms with van der Waals surface area (Å²) in [6.45, 7) is 0. The molecule has 0 aliphatic heterocycles. The molecule has 0 fully saturated rings. The van der Waals surface area contributed by atoms with E-state index in [4.69, 9.17) is 14.2 Å². The Morgan fingerprint density at radius 2 is 1.50 bits per heavy atom. The third kappa shape index (κ3) is 5.45. The van der Waals surface area contributed by atoms with Crippen molar-refractivity contribution in [2.24, 2.45) is 5.10 Å². The number of esters is 1. The summed E-state index contributed by atoms with van der Waals surface area (Å²) >= 11 is 0. The highest BCUT2D eigenvalue weighted by Crippen LogP contribution is 2.17. The normalized spacial score (nSPS) is 10.5. The molecule has 3 aromatic carbocycles. The molecule has 7 heteroatoms. The fourth-order valence-electron chi connectivity index (χ4n) is 2.55. The fourth-order valence-corrected chi connectivity index (χ4v) is 2.55. The summed E-state index contributed by atoms with van der Waals surface area (Å²) in [4.78, 5) is 24.4. The number of carbonyl (C=O) groups is 2. The molecule has 3 aromatic rings. The first kappa shape index (κ1) is 20.6. The van der Waals surface area contributed by atoms with E-state index in [1.165, 1.54) is 13.3 Å². The van der Waals surface area contributed by atoms with Gasteiger partial charge in [0.2, 0.25) is 0 Å². The zero-order chi connectivity index (χ0) is 21.3. The van der Waals surface area contributed by atoms with E-state index >= 15 is 0 Å². The van der Waals surface area contributed by atoms with E-state index in [1.807, 2.05) is 0 Å². The summed E-state index contributed by atoms with van der Waals surface area (Å²) in [5, 5.41) is 3.95. The minimum Gasteiger partial charge on any atom is -0.497 e. The Labute approximate surface area is 173 Å². The van der Waals surface area contributed by atoms with Gasteiger partial charge in [0.15, 0.2) is 0 Å². The fraction of sp³-hybridized carbons (Fsp3) is 0.0870. The number of ether oxygens (including phenoxy) is 3. The Morgan fingerprint density at radius 1 is 0.800 bits per heavy atom. The molecule has 0 spiro atoms. The van der Waals surface area contributed by atoms with Gasteiger partial charge in [-0.15, -0.1) is 0 Å². The van der Waals surface area contributed by atoms with Crippen LogP contribution in [0.2, 0.25) is 0 Å². The Bertz CT molecular complexity index is 1060. The lowest BCUT2D eigenvalue weighted by Crippen LogP contribution is -2.17. The van der Waals surface area contributed by atoms with Gasteiger partial charge >= 0.3 is 5.97 Å². The van der Waals surface area contributed by atoms with Crippen LogP contribution < -0.4 is 19.6 Å². The van der Waals surface area contributed by atoms with E-state index in [0.717, 1.165) is 0 Å². The number of benzene rings is 3. The molecule has 30 heavy (non-hydrogen) atoms. The number of hydrogen-bond acceptors (Lipinski definition) is 6. The number of rotatable bonds is 7. The largest absolute Gasteiger partial charge is 0.497 e. The molecule has 3 rings (SSSR count). The summed E-state index contributed by atoms with van der Waals surface area (Å²) < 4.78 is 15.6. The Balaban J connectivity index is 1.61. The van der Waals surface area contributed by atoms with Crippen LogP contribution >= 0.6 is 0 Å². The summed E-state index contributed by atoms with van der Waals surface area (Å²) in [5.74, 6) is 0.739. The van der Waals surface area contributed by atoms with Crippen LogP contribution in [0.3, 0.4) is 0 Å². The first-order valence-corrected chi connectivity index (χ1v) is 9.03. The van der Waals surface area contributed by atoms with Crippen LogP contribution in [0, 0.1) is 0 Å². The van der Waals surface area contributed by atoms with Crippen LogP contribution in [0.15, 0.2) is 77.9 Å². The first-order valence-electron chi connectivity index (χ1n) is 9.03. The van der Waals surface area contributed by atoms with Gasteiger partial charge in [0.1, 0.15) is 17.2 Å². The van der Waals surface area contributed by atoms with Gasteiger partial charge < -0.3 is 14.2 Å². The zero-order valence-corrected chi connectivity index (χ0v) is 16.5. The van der Waals surface area contributed by atoms with Crippen molar-refractivity contribution in [3.05, 3.63) is 89.5 Å². The van der Waals surface area contributed by atoms with E-state index in [-0.39, 0.29) is 5.91 Å². The van der Waals surface area contributed by atoms with Crippen LogP contribution in [-0.2, 0) is 0 Å². The minimum absolute atomic E-state index is 0.360. The number of hydrazone groups is 1. The van der Waals surface area contributed by atoms with Gasteiger partial charge in [0.05, 0.1) is 26.0 Å². The second kappa shape index (κ2) is 9.88. The van der Waals surface area contributed by atoms with E-state index in [2.05, 4.69) is 10.5 Å². The van der Waals surface area contributed by atoms with Gasteiger partial charge in [-0.3, -0.25) is 4.79 Å². The molecule has 0 saturated heterocycles. The summed E-state index contributed by atoms with van der Waals surface area (Å²) in [5.41, 5.74) is 3.93. The second-order valence-electron chi connectivity index (χ2n) is 6.12. The monoisotopic (exact) mass is 404 g/mol. The average Bonchev–Trinajstić information content (AvgIpc) is 2.79. The molecule has 1 N–H and O–H groups in total. The van der Waals surface area contributed by atoms with Crippen LogP contribution in [0.5, 0.6) is 17.2 Å². The van der Waals surface area contributed by atoms with Crippen molar-refractivity contribution in [1.82, 2.24) is 5.43 Å². The third-order valence-corrected chi connectivity index (χ3v) is 4.11. The van der Waals surface area contributed by atoms with Crippen LogP contribution in [-0.4, -0.2) is 32.3 Å². The zero-order valence-electron chi connectivity index (χ0n) is 16.5. The standard InChI is InChI=1S/C23H20N2O5/c1-28-19-11-9-17(10-12-19)23(27)30-21-8-3-5-16(13-21)15-24-25-22(26)18-6-4-7-20(14-18)29-2/h3-15H,1-2H3,(H,25,26)/b24-15-. The number of nitrogens with zero attached hydrogens (tertiary/aromatic N) is 1. The smallest absolute Gasteiger partial charge is 0.343 e. The molecule has 0 radical (unpaired) electrons. The van der Waals surface area contributed by atoms with Crippen molar-refractivity contribution >= 4 is 18.1 Å². The Morgan fingerprint density at radius 3 is 2.23 bits per heavy atom. The van der Waals surface area contributed by atoms with E-state index in [0.29, 0.717) is 33.9 Å². The molecule has 152 valence electrons. The van der Waals surface area contributed by atoms with Gasteiger partial charge in [-0.2, -0.15) is 5.10 Å². The van der Waals surface area contributed by atoms with E-state index in [9.17, 15) is 9.59 Å². The molecule has 0 atom stereocenters. The van der Waals surface area contributed by atoms with Crippen molar-refractivity contribution in [2.45, 2.75) is 0 Å². The van der Waals surface area contributed by atoms with Crippen LogP contribution in [0.1, 0.15) is 26.3 Å². The van der Waals surface area contributed by atoms with Gasteiger partial charge in [-0.1, -0.05) is 18.2 Å². The molecular weight excluding hydrogens is 384 g/mol. The van der Waals surface area contributed by atoms with Crippen LogP contribution in [0.25, 0.3) is 0 Å². The van der Waals surface area contributed by atoms with E-state index < -0.39 is 5.97 Å². The summed E-state index contributed by atoms with van der Waals surface area (Å²) in [7, 11) is 3.09. The van der Waals surface area contributed by atoms with Crippen molar-refractivity contribution in [3.8, 4) is 17.2 Å². The number of methoxy groups -OCH3 is 2. The second-order valence-corrected chi connectivity index (χ2v) is 6.12. The lowest BCUT2D eigenvalue weighted by Gasteiger charge is -2.06. The van der Waals surface area contributed by atoms with Gasteiger partial charge in [0.25, 0.3) is 5.91 Å². The molecule has 0 aromatic heterocycles. The third-order valence-electron chi connectivity index (χ3n) is 4.11. The van der Waals surface area contributed by atoms with Crippen LogP contribution in [0.4, 0.5) is 0 Å². The van der Waals surface area contributed by atoms with Crippen molar-refractivity contribution < 1.29 is 23.8 Å². The lowest BCUT2D eigenvalue weighted by molar-refractivity contribution is 0.0734. The maximum Gasteiger partial charge on any atom is 0.343 e. The maximum absolute atomic E-state index is 12.3. The van der Waals surface area contributed by atoms with E-state index in [1.54, 1.807) is 79.9 Å². The highest BCUT2D eigenvalue weighted by molar-refractivity contribution is 5.95. The molecule has 7 nitrogen and oxygen atoms in total. The molecule has 0 bridgehead atoms. The molecule has 0 aliphatic carbocycles. The molecule has 1 amide bonds. The minimum atomic E-state index is -0.488. The van der Waals surface area contributed by atoms with Gasteiger partial charge in [-0.25, -0.2) is 10.2 Å². The maximum atomic E-state index is 12.3. The lowest BCUT2D eigenvalue weighted by atomic mass is 10.2. The number of carbonyl (C=O) groups excluding carboxylic acids is 2. The number of hydrogen-bond donors (Lipinski definition) is 1. The number of amides is 1. The Hall–Kier alpha value is -4.13. The summed E-state index contributed by atoms with van der Waals surface area (Å²) in [6.07, 6.45) is 1.46. The van der Waals surface area contributed by atoms with Gasteiger partial charge in [-0.05, 0) is 60.2 Å². The SMILES string of the molecule is COc1ccc(C(=O)Oc2cccc(/C=N\NC(=O)c3cccc(OC)c3)c2)cc1. The average molecular weight is 404 g/mol. The predicted molar refractivity (Wildman–Crippen MR) is 112 cm³/mol. The molecule has 0 unspecified atom stereocenters. The predicted octanol–water partition coefficient (Wildman–Crippen LogP) is 3.69. The number of nitrogens with one attached hydrogen (secondary N) is 1. The molecular formula is C23H20N2O5. The topological polar surface area (TPSA) is 86.2 Å². The van der Waals surface area contributed by atoms with Crippen molar-refractivity contribution in [2.75, 3.05) is 14.2 Å². The highest BCUT2D eigenvalue weighted by atomic mass is 16.5. The summed E-state index contributed by atoms with van der Waals surface area (Å²) in [6, 6.07) is 20.2. The van der Waals surface area contributed by atoms with Gasteiger partial charge in [0, 0.05) is 5.56 Å². The quantitative estimate of drug-likeness (QED) is 0.281.